The molecule has 0 fully saturated rings. The molecule has 98 valence electrons. The summed E-state index contributed by atoms with van der Waals surface area (Å²) in [5, 5.41) is 6.79. The van der Waals surface area contributed by atoms with Crippen LogP contribution in [0.2, 0.25) is 0 Å². The molecule has 1 amide bonds. The Morgan fingerprint density at radius 2 is 2.39 bits per heavy atom. The van der Waals surface area contributed by atoms with Crippen molar-refractivity contribution >= 4 is 24.0 Å². The molecule has 2 aromatic rings. The summed E-state index contributed by atoms with van der Waals surface area (Å²) in [6.07, 6.45) is 4.76. The zero-order valence-electron chi connectivity index (χ0n) is 9.92. The number of carbonyl (C=O) groups is 1. The molecule has 0 aliphatic heterocycles. The molecule has 6 nitrogen and oxygen atoms in total. The third-order valence-electron chi connectivity index (χ3n) is 2.33. The Hall–Kier alpha value is -1.79. The van der Waals surface area contributed by atoms with Crippen LogP contribution in [-0.4, -0.2) is 15.7 Å². The minimum atomic E-state index is -0.232. The molecule has 0 aliphatic rings. The Labute approximate surface area is 111 Å². The van der Waals surface area contributed by atoms with Crippen molar-refractivity contribution in [3.05, 3.63) is 36.0 Å². The number of furan rings is 1. The number of aromatic nitrogens is 2. The van der Waals surface area contributed by atoms with Crippen molar-refractivity contribution in [2.24, 2.45) is 5.73 Å². The molecule has 0 aliphatic carbocycles. The van der Waals surface area contributed by atoms with Gasteiger partial charge in [-0.3, -0.25) is 9.48 Å². The van der Waals surface area contributed by atoms with E-state index in [4.69, 9.17) is 10.2 Å². The maximum atomic E-state index is 11.8. The van der Waals surface area contributed by atoms with E-state index in [-0.39, 0.29) is 24.9 Å². The van der Waals surface area contributed by atoms with Gasteiger partial charge in [-0.15, -0.1) is 12.4 Å². The van der Waals surface area contributed by atoms with Crippen LogP contribution in [0, 0.1) is 0 Å². The molecule has 2 heterocycles. The highest BCUT2D eigenvalue weighted by Crippen LogP contribution is 2.11. The van der Waals surface area contributed by atoms with Crippen LogP contribution in [0.3, 0.4) is 0 Å². The summed E-state index contributed by atoms with van der Waals surface area (Å²) >= 11 is 0. The van der Waals surface area contributed by atoms with Crippen LogP contribution in [0.4, 0.5) is 5.69 Å². The number of nitrogens with two attached hydrogens (primary N) is 1. The van der Waals surface area contributed by atoms with Gasteiger partial charge in [0.2, 0.25) is 0 Å². The van der Waals surface area contributed by atoms with Crippen LogP contribution in [0.25, 0.3) is 0 Å². The molecule has 7 heteroatoms. The summed E-state index contributed by atoms with van der Waals surface area (Å²) in [5.41, 5.74) is 6.51. The number of carbonyl (C=O) groups excluding carboxylic acids is 1. The Morgan fingerprint density at radius 1 is 1.61 bits per heavy atom. The van der Waals surface area contributed by atoms with Gasteiger partial charge in [0.25, 0.3) is 5.91 Å². The highest BCUT2D eigenvalue weighted by Gasteiger charge is 2.10. The lowest BCUT2D eigenvalue weighted by Crippen LogP contribution is -2.10. The quantitative estimate of drug-likeness (QED) is 0.884. The van der Waals surface area contributed by atoms with E-state index in [1.165, 1.54) is 6.26 Å². The van der Waals surface area contributed by atoms with Crippen LogP contribution in [0.1, 0.15) is 23.0 Å². The largest absolute Gasteiger partial charge is 0.467 e. The summed E-state index contributed by atoms with van der Waals surface area (Å²) in [5.74, 6) is 0.350. The van der Waals surface area contributed by atoms with Crippen molar-refractivity contribution in [2.45, 2.75) is 20.0 Å². The highest BCUT2D eigenvalue weighted by molar-refractivity contribution is 6.03. The van der Waals surface area contributed by atoms with Crippen LogP contribution < -0.4 is 11.1 Å². The minimum Gasteiger partial charge on any atom is -0.467 e. The third-order valence-corrected chi connectivity index (χ3v) is 2.33. The van der Waals surface area contributed by atoms with Gasteiger partial charge in [0.05, 0.1) is 24.0 Å². The van der Waals surface area contributed by atoms with Crippen molar-refractivity contribution < 1.29 is 9.21 Å². The molecule has 0 spiro atoms. The summed E-state index contributed by atoms with van der Waals surface area (Å²) in [6.45, 7) is 3.02. The fourth-order valence-corrected chi connectivity index (χ4v) is 1.41. The molecule has 0 bridgehead atoms. The second-order valence-electron chi connectivity index (χ2n) is 3.54. The van der Waals surface area contributed by atoms with E-state index < -0.39 is 0 Å². The topological polar surface area (TPSA) is 86.1 Å². The van der Waals surface area contributed by atoms with Gasteiger partial charge in [-0.25, -0.2) is 0 Å². The zero-order chi connectivity index (χ0) is 12.3. The van der Waals surface area contributed by atoms with Crippen molar-refractivity contribution in [2.75, 3.05) is 5.32 Å². The van der Waals surface area contributed by atoms with Crippen LogP contribution in [-0.2, 0) is 13.1 Å². The van der Waals surface area contributed by atoms with Crippen molar-refractivity contribution in [3.8, 4) is 0 Å². The SMILES string of the molecule is CCn1cc(NC(=O)c2coc(CN)c2)cn1.Cl. The number of rotatable bonds is 4. The first kappa shape index (κ1) is 14.3. The Bertz CT molecular complexity index is 521. The molecule has 2 rings (SSSR count). The van der Waals surface area contributed by atoms with E-state index in [1.54, 1.807) is 23.1 Å². The fourth-order valence-electron chi connectivity index (χ4n) is 1.41. The smallest absolute Gasteiger partial charge is 0.259 e. The van der Waals surface area contributed by atoms with Crippen molar-refractivity contribution in [1.29, 1.82) is 0 Å². The normalized spacial score (nSPS) is 9.89. The lowest BCUT2D eigenvalue weighted by Gasteiger charge is -1.98. The van der Waals surface area contributed by atoms with Crippen molar-refractivity contribution in [1.82, 2.24) is 9.78 Å². The molecule has 0 saturated carbocycles. The molecule has 0 unspecified atom stereocenters. The fraction of sp³-hybridized carbons (Fsp3) is 0.273. The second-order valence-corrected chi connectivity index (χ2v) is 3.54. The third kappa shape index (κ3) is 3.12. The Morgan fingerprint density at radius 3 is 2.94 bits per heavy atom. The molecule has 0 atom stereocenters. The van der Waals surface area contributed by atoms with Crippen LogP contribution >= 0.6 is 12.4 Å². The maximum Gasteiger partial charge on any atom is 0.259 e. The number of anilines is 1. The lowest BCUT2D eigenvalue weighted by molar-refractivity contribution is 0.102. The second kappa shape index (κ2) is 6.23. The maximum absolute atomic E-state index is 11.8. The van der Waals surface area contributed by atoms with Crippen LogP contribution in [0.15, 0.2) is 29.1 Å². The number of amides is 1. The van der Waals surface area contributed by atoms with Gasteiger partial charge in [-0.05, 0) is 13.0 Å². The molecule has 18 heavy (non-hydrogen) atoms. The van der Waals surface area contributed by atoms with E-state index >= 15 is 0 Å². The van der Waals surface area contributed by atoms with E-state index in [9.17, 15) is 4.79 Å². The first-order valence-electron chi connectivity index (χ1n) is 5.34. The summed E-state index contributed by atoms with van der Waals surface area (Å²) in [7, 11) is 0. The molecule has 0 radical (unpaired) electrons. The zero-order valence-corrected chi connectivity index (χ0v) is 10.7. The number of halogens is 1. The number of aryl methyl sites for hydroxylation is 1. The van der Waals surface area contributed by atoms with E-state index in [1.807, 2.05) is 6.92 Å². The van der Waals surface area contributed by atoms with Gasteiger partial charge in [0.15, 0.2) is 0 Å². The minimum absolute atomic E-state index is 0. The Kier molecular flexibility index (Phi) is 4.94. The van der Waals surface area contributed by atoms with E-state index in [2.05, 4.69) is 10.4 Å². The molecular formula is C11H15ClN4O2. The summed E-state index contributed by atoms with van der Waals surface area (Å²) < 4.78 is 6.82. The predicted octanol–water partition coefficient (Wildman–Crippen LogP) is 1.63. The highest BCUT2D eigenvalue weighted by atomic mass is 35.5. The predicted molar refractivity (Wildman–Crippen MR) is 69.7 cm³/mol. The summed E-state index contributed by atoms with van der Waals surface area (Å²) in [6, 6.07) is 1.62. The van der Waals surface area contributed by atoms with Crippen LogP contribution in [0.5, 0.6) is 0 Å². The average molecular weight is 271 g/mol. The van der Waals surface area contributed by atoms with Gasteiger partial charge < -0.3 is 15.5 Å². The Balaban J connectivity index is 0.00000162. The first-order chi connectivity index (χ1) is 8.22. The number of hydrogen-bond donors (Lipinski definition) is 2. The van der Waals surface area contributed by atoms with E-state index in [0.717, 1.165) is 6.54 Å². The molecule has 3 N–H and O–H groups in total. The standard InChI is InChI=1S/C11H14N4O2.ClH/c1-2-15-6-9(5-13-15)14-11(16)8-3-10(4-12)17-7-8;/h3,5-7H,2,4,12H2,1H3,(H,14,16);1H. The number of hydrogen-bond acceptors (Lipinski definition) is 4. The van der Waals surface area contributed by atoms with Gasteiger partial charge in [-0.1, -0.05) is 0 Å². The van der Waals surface area contributed by atoms with Gasteiger partial charge in [0.1, 0.15) is 12.0 Å². The number of nitrogens with one attached hydrogen (secondary N) is 1. The summed E-state index contributed by atoms with van der Waals surface area (Å²) in [4.78, 5) is 11.8. The molecule has 0 saturated heterocycles. The molecule has 2 aromatic heterocycles. The van der Waals surface area contributed by atoms with E-state index in [0.29, 0.717) is 17.0 Å². The lowest BCUT2D eigenvalue weighted by atomic mass is 10.3. The molecule has 0 aromatic carbocycles. The number of nitrogens with zero attached hydrogens (tertiary/aromatic N) is 2. The average Bonchev–Trinajstić information content (AvgIpc) is 2.96. The van der Waals surface area contributed by atoms with Gasteiger partial charge >= 0.3 is 0 Å². The molecular weight excluding hydrogens is 256 g/mol. The first-order valence-corrected chi connectivity index (χ1v) is 5.34. The van der Waals surface area contributed by atoms with Gasteiger partial charge in [0, 0.05) is 12.7 Å². The van der Waals surface area contributed by atoms with Crippen molar-refractivity contribution in [3.63, 3.8) is 0 Å². The van der Waals surface area contributed by atoms with Gasteiger partial charge in [-0.2, -0.15) is 5.10 Å². The monoisotopic (exact) mass is 270 g/mol.